The lowest BCUT2D eigenvalue weighted by Crippen LogP contribution is -2.53. The Labute approximate surface area is 258 Å². The molecule has 226 valence electrons. The number of aryl methyl sites for hydroxylation is 1. The number of ether oxygens (including phenoxy) is 1. The lowest BCUT2D eigenvalue weighted by molar-refractivity contribution is -0.140. The van der Waals surface area contributed by atoms with Crippen LogP contribution in [-0.2, 0) is 32.6 Å². The van der Waals surface area contributed by atoms with Crippen molar-refractivity contribution in [3.63, 3.8) is 0 Å². The summed E-state index contributed by atoms with van der Waals surface area (Å²) in [6.45, 7) is 5.56. The standard InChI is InChI=1S/C31H37Cl2N3O5S/c1-21(2)18-34-31(38)28(16-23-9-7-6-8-10-23)35(19-24-12-13-25(32)17-26(24)33)30(37)20-36(42(5,39)40)27-15-22(3)11-14-29(27)41-4/h6-15,17,21,28H,16,18-20H2,1-5H3,(H,34,38). The van der Waals surface area contributed by atoms with Crippen LogP contribution in [0.1, 0.15) is 30.5 Å². The first-order chi connectivity index (χ1) is 19.8. The van der Waals surface area contributed by atoms with Crippen LogP contribution in [0.5, 0.6) is 5.75 Å². The molecule has 0 fully saturated rings. The molecule has 0 saturated carbocycles. The van der Waals surface area contributed by atoms with E-state index in [-0.39, 0.29) is 30.5 Å². The zero-order valence-electron chi connectivity index (χ0n) is 24.4. The van der Waals surface area contributed by atoms with E-state index in [4.69, 9.17) is 27.9 Å². The smallest absolute Gasteiger partial charge is 0.244 e. The van der Waals surface area contributed by atoms with Gasteiger partial charge in [-0.3, -0.25) is 13.9 Å². The van der Waals surface area contributed by atoms with Crippen molar-refractivity contribution in [3.05, 3.63) is 93.5 Å². The number of methoxy groups -OCH3 is 1. The summed E-state index contributed by atoms with van der Waals surface area (Å²) in [6, 6.07) is 18.3. The van der Waals surface area contributed by atoms with Crippen molar-refractivity contribution < 1.29 is 22.7 Å². The molecule has 11 heteroatoms. The first-order valence-corrected chi connectivity index (χ1v) is 16.1. The Morgan fingerprint density at radius 3 is 2.29 bits per heavy atom. The summed E-state index contributed by atoms with van der Waals surface area (Å²) in [5.41, 5.74) is 2.40. The van der Waals surface area contributed by atoms with Crippen LogP contribution in [0.2, 0.25) is 10.0 Å². The normalized spacial score (nSPS) is 12.1. The van der Waals surface area contributed by atoms with Crippen LogP contribution < -0.4 is 14.4 Å². The molecule has 0 spiro atoms. The van der Waals surface area contributed by atoms with E-state index in [9.17, 15) is 18.0 Å². The van der Waals surface area contributed by atoms with Gasteiger partial charge in [0.2, 0.25) is 21.8 Å². The van der Waals surface area contributed by atoms with Gasteiger partial charge in [0, 0.05) is 29.6 Å². The van der Waals surface area contributed by atoms with Gasteiger partial charge in [-0.25, -0.2) is 8.42 Å². The van der Waals surface area contributed by atoms with Crippen molar-refractivity contribution in [2.75, 3.05) is 30.8 Å². The third-order valence-corrected chi connectivity index (χ3v) is 8.31. The SMILES string of the molecule is COc1ccc(C)cc1N(CC(=O)N(Cc1ccc(Cl)cc1Cl)C(Cc1ccccc1)C(=O)NCC(C)C)S(C)(=O)=O. The molecular formula is C31H37Cl2N3O5S. The maximum atomic E-state index is 14.2. The second kappa shape index (κ2) is 14.8. The van der Waals surface area contributed by atoms with Gasteiger partial charge in [0.1, 0.15) is 18.3 Å². The molecule has 2 amide bonds. The summed E-state index contributed by atoms with van der Waals surface area (Å²) < 4.78 is 32.6. The van der Waals surface area contributed by atoms with Gasteiger partial charge in [0.25, 0.3) is 0 Å². The summed E-state index contributed by atoms with van der Waals surface area (Å²) in [6.07, 6.45) is 1.23. The molecule has 0 aliphatic rings. The molecule has 1 atom stereocenters. The number of halogens is 2. The van der Waals surface area contributed by atoms with Gasteiger partial charge in [-0.15, -0.1) is 0 Å². The molecule has 0 radical (unpaired) electrons. The molecule has 1 unspecified atom stereocenters. The van der Waals surface area contributed by atoms with Crippen molar-refractivity contribution in [2.24, 2.45) is 5.92 Å². The number of benzene rings is 3. The quantitative estimate of drug-likeness (QED) is 0.269. The fraction of sp³-hybridized carbons (Fsp3) is 0.355. The van der Waals surface area contributed by atoms with Crippen LogP contribution in [0, 0.1) is 12.8 Å². The van der Waals surface area contributed by atoms with Gasteiger partial charge in [-0.1, -0.05) is 79.5 Å². The van der Waals surface area contributed by atoms with Crippen molar-refractivity contribution in [2.45, 2.75) is 39.8 Å². The molecule has 3 rings (SSSR count). The number of sulfonamides is 1. The molecule has 3 aromatic carbocycles. The average Bonchev–Trinajstić information content (AvgIpc) is 2.93. The monoisotopic (exact) mass is 633 g/mol. The number of nitrogens with one attached hydrogen (secondary N) is 1. The summed E-state index contributed by atoms with van der Waals surface area (Å²) in [5, 5.41) is 3.69. The maximum Gasteiger partial charge on any atom is 0.244 e. The molecule has 1 N–H and O–H groups in total. The number of amides is 2. The Morgan fingerprint density at radius 2 is 1.69 bits per heavy atom. The van der Waals surface area contributed by atoms with Crippen molar-refractivity contribution in [1.29, 1.82) is 0 Å². The minimum absolute atomic E-state index is 0.0516. The lowest BCUT2D eigenvalue weighted by Gasteiger charge is -2.34. The molecule has 8 nitrogen and oxygen atoms in total. The second-order valence-electron chi connectivity index (χ2n) is 10.5. The topological polar surface area (TPSA) is 96.0 Å². The van der Waals surface area contributed by atoms with Crippen LogP contribution in [0.15, 0.2) is 66.7 Å². The molecule has 0 heterocycles. The molecule has 42 heavy (non-hydrogen) atoms. The number of hydrogen-bond donors (Lipinski definition) is 1. The summed E-state index contributed by atoms with van der Waals surface area (Å²) in [7, 11) is -2.52. The third-order valence-electron chi connectivity index (χ3n) is 6.59. The van der Waals surface area contributed by atoms with Gasteiger partial charge in [0.15, 0.2) is 0 Å². The highest BCUT2D eigenvalue weighted by atomic mass is 35.5. The van der Waals surface area contributed by atoms with Gasteiger partial charge in [-0.2, -0.15) is 0 Å². The molecule has 3 aromatic rings. The predicted octanol–water partition coefficient (Wildman–Crippen LogP) is 5.49. The van der Waals surface area contributed by atoms with Gasteiger partial charge in [0.05, 0.1) is 19.1 Å². The van der Waals surface area contributed by atoms with Crippen molar-refractivity contribution >= 4 is 50.7 Å². The zero-order chi connectivity index (χ0) is 31.0. The number of carbonyl (C=O) groups is 2. The van der Waals surface area contributed by atoms with E-state index in [1.54, 1.807) is 36.4 Å². The molecule has 0 aromatic heterocycles. The highest BCUT2D eigenvalue weighted by Gasteiger charge is 2.34. The van der Waals surface area contributed by atoms with Crippen LogP contribution in [0.4, 0.5) is 5.69 Å². The minimum Gasteiger partial charge on any atom is -0.495 e. The van der Waals surface area contributed by atoms with Crippen LogP contribution in [0.25, 0.3) is 0 Å². The van der Waals surface area contributed by atoms with Gasteiger partial charge >= 0.3 is 0 Å². The highest BCUT2D eigenvalue weighted by Crippen LogP contribution is 2.32. The van der Waals surface area contributed by atoms with E-state index < -0.39 is 28.5 Å². The molecule has 0 aliphatic heterocycles. The fourth-order valence-electron chi connectivity index (χ4n) is 4.40. The lowest BCUT2D eigenvalue weighted by atomic mass is 10.0. The minimum atomic E-state index is -3.95. The van der Waals surface area contributed by atoms with Gasteiger partial charge < -0.3 is 15.0 Å². The molecule has 0 saturated heterocycles. The average molecular weight is 635 g/mol. The Bertz CT molecular complexity index is 1500. The van der Waals surface area contributed by atoms with Gasteiger partial charge in [-0.05, 0) is 53.8 Å². The van der Waals surface area contributed by atoms with E-state index in [2.05, 4.69) is 5.32 Å². The second-order valence-corrected chi connectivity index (χ2v) is 13.3. The Kier molecular flexibility index (Phi) is 11.7. The highest BCUT2D eigenvalue weighted by molar-refractivity contribution is 7.92. The third kappa shape index (κ3) is 9.11. The fourth-order valence-corrected chi connectivity index (χ4v) is 5.71. The van der Waals surface area contributed by atoms with Crippen molar-refractivity contribution in [1.82, 2.24) is 10.2 Å². The molecule has 0 aliphatic carbocycles. The van der Waals surface area contributed by atoms with Crippen LogP contribution in [0.3, 0.4) is 0 Å². The van der Waals surface area contributed by atoms with E-state index >= 15 is 0 Å². The number of carbonyl (C=O) groups excluding carboxylic acids is 2. The van der Waals surface area contributed by atoms with E-state index in [0.717, 1.165) is 21.7 Å². The number of nitrogens with zero attached hydrogens (tertiary/aromatic N) is 2. The number of hydrogen-bond acceptors (Lipinski definition) is 5. The van der Waals surface area contributed by atoms with Crippen molar-refractivity contribution in [3.8, 4) is 5.75 Å². The Hall–Kier alpha value is -3.27. The van der Waals surface area contributed by atoms with E-state index in [1.807, 2.05) is 51.1 Å². The van der Waals surface area contributed by atoms with Crippen LogP contribution >= 0.6 is 23.2 Å². The maximum absolute atomic E-state index is 14.2. The summed E-state index contributed by atoms with van der Waals surface area (Å²) in [5.74, 6) is -0.474. The largest absolute Gasteiger partial charge is 0.495 e. The van der Waals surface area contributed by atoms with E-state index in [1.165, 1.54) is 12.0 Å². The Morgan fingerprint density at radius 1 is 1.00 bits per heavy atom. The first kappa shape index (κ1) is 33.2. The molecule has 0 bridgehead atoms. The first-order valence-electron chi connectivity index (χ1n) is 13.5. The van der Waals surface area contributed by atoms with Crippen LogP contribution in [-0.4, -0.2) is 57.6 Å². The number of anilines is 1. The predicted molar refractivity (Wildman–Crippen MR) is 169 cm³/mol. The Balaban J connectivity index is 2.12. The summed E-state index contributed by atoms with van der Waals surface area (Å²) in [4.78, 5) is 29.3. The molecular weight excluding hydrogens is 597 g/mol. The summed E-state index contributed by atoms with van der Waals surface area (Å²) >= 11 is 12.6. The van der Waals surface area contributed by atoms with E-state index in [0.29, 0.717) is 27.9 Å². The number of rotatable bonds is 13. The zero-order valence-corrected chi connectivity index (χ0v) is 26.8.